The molecule has 7 heteroatoms. The highest BCUT2D eigenvalue weighted by molar-refractivity contribution is 5.85. The van der Waals surface area contributed by atoms with Crippen LogP contribution >= 0.6 is 12.4 Å². The van der Waals surface area contributed by atoms with Crippen LogP contribution in [0.3, 0.4) is 0 Å². The van der Waals surface area contributed by atoms with Gasteiger partial charge in [-0.25, -0.2) is 4.39 Å². The lowest BCUT2D eigenvalue weighted by Crippen LogP contribution is -2.15. The third-order valence-corrected chi connectivity index (χ3v) is 2.16. The third-order valence-electron chi connectivity index (χ3n) is 2.16. The summed E-state index contributed by atoms with van der Waals surface area (Å²) in [5.41, 5.74) is 4.27. The Morgan fingerprint density at radius 3 is 2.35 bits per heavy atom. The number of rotatable bonds is 3. The Hall–Kier alpha value is -0.850. The Morgan fingerprint density at radius 1 is 1.29 bits per heavy atom. The number of alkyl halides is 3. The van der Waals surface area contributed by atoms with Crippen LogP contribution in [0, 0.1) is 5.82 Å². The quantitative estimate of drug-likeness (QED) is 0.832. The maximum Gasteiger partial charge on any atom is 0.416 e. The average Bonchev–Trinajstić information content (AvgIpc) is 2.16. The number of nitrogens with two attached hydrogens (primary N) is 1. The van der Waals surface area contributed by atoms with Gasteiger partial charge in [0.1, 0.15) is 5.82 Å². The Morgan fingerprint density at radius 2 is 1.88 bits per heavy atom. The van der Waals surface area contributed by atoms with E-state index in [-0.39, 0.29) is 31.0 Å². The smallest absolute Gasteiger partial charge is 0.396 e. The first-order valence-electron chi connectivity index (χ1n) is 4.59. The van der Waals surface area contributed by atoms with Crippen LogP contribution in [-0.4, -0.2) is 11.7 Å². The molecule has 2 nitrogen and oxygen atoms in total. The summed E-state index contributed by atoms with van der Waals surface area (Å²) in [7, 11) is 0. The molecule has 1 aromatic rings. The number of benzene rings is 1. The molecule has 0 heterocycles. The molecule has 3 N–H and O–H groups in total. The fourth-order valence-electron chi connectivity index (χ4n) is 1.30. The Bertz CT molecular complexity index is 370. The molecule has 0 fully saturated rings. The van der Waals surface area contributed by atoms with E-state index in [4.69, 9.17) is 10.8 Å². The van der Waals surface area contributed by atoms with E-state index < -0.39 is 23.6 Å². The second-order valence-electron chi connectivity index (χ2n) is 3.35. The van der Waals surface area contributed by atoms with Crippen molar-refractivity contribution in [3.8, 4) is 0 Å². The minimum Gasteiger partial charge on any atom is -0.396 e. The molecule has 0 aromatic heterocycles. The first-order chi connectivity index (χ1) is 7.36. The maximum absolute atomic E-state index is 13.2. The van der Waals surface area contributed by atoms with Crippen LogP contribution in [0.5, 0.6) is 0 Å². The minimum absolute atomic E-state index is 0. The highest BCUT2D eigenvalue weighted by Crippen LogP contribution is 2.31. The molecule has 0 bridgehead atoms. The predicted molar refractivity (Wildman–Crippen MR) is 57.3 cm³/mol. The Labute approximate surface area is 102 Å². The highest BCUT2D eigenvalue weighted by Gasteiger charge is 2.31. The number of aliphatic hydroxyl groups is 1. The fraction of sp³-hybridized carbons (Fsp3) is 0.400. The molecule has 0 radical (unpaired) electrons. The molecule has 1 rings (SSSR count). The summed E-state index contributed by atoms with van der Waals surface area (Å²) < 4.78 is 50.2. The first-order valence-corrected chi connectivity index (χ1v) is 4.59. The summed E-state index contributed by atoms with van der Waals surface area (Å²) in [6.45, 7) is -0.309. The standard InChI is InChI=1S/C10H11F4NO.ClH/c11-8-2-1-6(10(12,13)14)5-7(8)9(15)3-4-16;/h1-2,5,9,16H,3-4,15H2;1H/t9-;/m0./s1. The Balaban J connectivity index is 0.00000256. The van der Waals surface area contributed by atoms with Crippen molar-refractivity contribution < 1.29 is 22.7 Å². The van der Waals surface area contributed by atoms with Crippen molar-refractivity contribution in [1.82, 2.24) is 0 Å². The Kier molecular flexibility index (Phi) is 5.87. The van der Waals surface area contributed by atoms with Crippen LogP contribution < -0.4 is 5.73 Å². The SMILES string of the molecule is Cl.N[C@@H](CCO)c1cc(C(F)(F)F)ccc1F. The van der Waals surface area contributed by atoms with Crippen LogP contribution in [0.4, 0.5) is 17.6 Å². The normalized spacial score (nSPS) is 13.1. The van der Waals surface area contributed by atoms with Gasteiger partial charge in [-0.05, 0) is 24.6 Å². The molecule has 0 spiro atoms. The summed E-state index contributed by atoms with van der Waals surface area (Å²) in [5, 5.41) is 8.59. The summed E-state index contributed by atoms with van der Waals surface area (Å²) in [5.74, 6) is -0.797. The van der Waals surface area contributed by atoms with Crippen LogP contribution in [0.2, 0.25) is 0 Å². The van der Waals surface area contributed by atoms with E-state index in [1.54, 1.807) is 0 Å². The van der Waals surface area contributed by atoms with Gasteiger partial charge in [-0.2, -0.15) is 13.2 Å². The number of hydrogen-bond donors (Lipinski definition) is 2. The molecule has 0 saturated carbocycles. The highest BCUT2D eigenvalue weighted by atomic mass is 35.5. The average molecular weight is 274 g/mol. The van der Waals surface area contributed by atoms with Gasteiger partial charge in [-0.3, -0.25) is 0 Å². The largest absolute Gasteiger partial charge is 0.416 e. The van der Waals surface area contributed by atoms with Crippen LogP contribution in [-0.2, 0) is 6.18 Å². The van der Waals surface area contributed by atoms with Crippen LogP contribution in [0.1, 0.15) is 23.6 Å². The predicted octanol–water partition coefficient (Wildman–Crippen LogP) is 2.65. The lowest BCUT2D eigenvalue weighted by Gasteiger charge is -2.14. The van der Waals surface area contributed by atoms with Crippen molar-refractivity contribution in [2.75, 3.05) is 6.61 Å². The molecule has 1 atom stereocenters. The molecule has 1 aromatic carbocycles. The van der Waals surface area contributed by atoms with Gasteiger partial charge in [-0.15, -0.1) is 12.4 Å². The van der Waals surface area contributed by atoms with Gasteiger partial charge in [0, 0.05) is 18.2 Å². The van der Waals surface area contributed by atoms with E-state index in [2.05, 4.69) is 0 Å². The molecule has 0 saturated heterocycles. The molecular weight excluding hydrogens is 262 g/mol. The fourth-order valence-corrected chi connectivity index (χ4v) is 1.30. The van der Waals surface area contributed by atoms with Gasteiger partial charge in [-0.1, -0.05) is 0 Å². The molecule has 0 unspecified atom stereocenters. The number of hydrogen-bond acceptors (Lipinski definition) is 2. The lowest BCUT2D eigenvalue weighted by atomic mass is 10.0. The maximum atomic E-state index is 13.2. The van der Waals surface area contributed by atoms with Crippen LogP contribution in [0.15, 0.2) is 18.2 Å². The van der Waals surface area contributed by atoms with Gasteiger partial charge >= 0.3 is 6.18 Å². The van der Waals surface area contributed by atoms with E-state index >= 15 is 0 Å². The van der Waals surface area contributed by atoms with Gasteiger partial charge in [0.25, 0.3) is 0 Å². The zero-order chi connectivity index (χ0) is 12.3. The monoisotopic (exact) mass is 273 g/mol. The molecule has 17 heavy (non-hydrogen) atoms. The van der Waals surface area contributed by atoms with Crippen molar-refractivity contribution in [3.05, 3.63) is 35.1 Å². The van der Waals surface area contributed by atoms with Gasteiger partial charge < -0.3 is 10.8 Å². The summed E-state index contributed by atoms with van der Waals surface area (Å²) in [6, 6.07) is 1.13. The van der Waals surface area contributed by atoms with Crippen molar-refractivity contribution >= 4 is 12.4 Å². The summed E-state index contributed by atoms with van der Waals surface area (Å²) in [6.07, 6.45) is -4.51. The van der Waals surface area contributed by atoms with Gasteiger partial charge in [0.15, 0.2) is 0 Å². The molecule has 0 aliphatic rings. The third kappa shape index (κ3) is 4.14. The van der Waals surface area contributed by atoms with E-state index in [0.717, 1.165) is 6.07 Å². The molecule has 0 amide bonds. The van der Waals surface area contributed by atoms with Gasteiger partial charge in [0.2, 0.25) is 0 Å². The molecule has 0 aliphatic heterocycles. The number of aliphatic hydroxyl groups excluding tert-OH is 1. The van der Waals surface area contributed by atoms with Crippen LogP contribution in [0.25, 0.3) is 0 Å². The zero-order valence-electron chi connectivity index (χ0n) is 8.67. The second-order valence-corrected chi connectivity index (χ2v) is 3.35. The van der Waals surface area contributed by atoms with Crippen molar-refractivity contribution in [2.45, 2.75) is 18.6 Å². The second kappa shape index (κ2) is 6.18. The molecule has 0 aliphatic carbocycles. The first kappa shape index (κ1) is 16.1. The van der Waals surface area contributed by atoms with E-state index in [0.29, 0.717) is 12.1 Å². The topological polar surface area (TPSA) is 46.2 Å². The lowest BCUT2D eigenvalue weighted by molar-refractivity contribution is -0.137. The van der Waals surface area contributed by atoms with Crippen molar-refractivity contribution in [1.29, 1.82) is 0 Å². The molecule has 98 valence electrons. The van der Waals surface area contributed by atoms with E-state index in [1.165, 1.54) is 0 Å². The zero-order valence-corrected chi connectivity index (χ0v) is 9.48. The van der Waals surface area contributed by atoms with E-state index in [9.17, 15) is 17.6 Å². The molecular formula is C10H12ClF4NO. The number of halogens is 5. The van der Waals surface area contributed by atoms with Crippen molar-refractivity contribution in [2.24, 2.45) is 5.73 Å². The summed E-state index contributed by atoms with van der Waals surface area (Å²) >= 11 is 0. The minimum atomic E-state index is -4.53. The van der Waals surface area contributed by atoms with E-state index in [1.807, 2.05) is 0 Å². The van der Waals surface area contributed by atoms with Crippen molar-refractivity contribution in [3.63, 3.8) is 0 Å². The summed E-state index contributed by atoms with van der Waals surface area (Å²) in [4.78, 5) is 0. The van der Waals surface area contributed by atoms with Gasteiger partial charge in [0.05, 0.1) is 5.56 Å².